The summed E-state index contributed by atoms with van der Waals surface area (Å²) in [6, 6.07) is 8.57. The number of hydrogen-bond donors (Lipinski definition) is 1. The Labute approximate surface area is 103 Å². The van der Waals surface area contributed by atoms with E-state index in [-0.39, 0.29) is 0 Å². The summed E-state index contributed by atoms with van der Waals surface area (Å²) in [5.74, 6) is 0.455. The topological polar surface area (TPSA) is 24.9 Å². The van der Waals surface area contributed by atoms with Crippen molar-refractivity contribution in [3.63, 3.8) is 0 Å². The van der Waals surface area contributed by atoms with Gasteiger partial charge in [-0.25, -0.2) is 0 Å². The maximum atomic E-state index is 4.81. The van der Waals surface area contributed by atoms with Crippen LogP contribution in [0.15, 0.2) is 24.3 Å². The smallest absolute Gasteiger partial charge is 0.0758 e. The number of rotatable bonds is 3. The molecular formula is C15H20N2. The highest BCUT2D eigenvalue weighted by molar-refractivity contribution is 5.93. The van der Waals surface area contributed by atoms with Crippen LogP contribution < -0.4 is 5.32 Å². The molecule has 0 saturated carbocycles. The second-order valence-corrected chi connectivity index (χ2v) is 4.67. The second kappa shape index (κ2) is 4.74. The minimum atomic E-state index is 0.455. The van der Waals surface area contributed by atoms with Crippen LogP contribution in [0.1, 0.15) is 37.9 Å². The van der Waals surface area contributed by atoms with Crippen molar-refractivity contribution in [1.82, 2.24) is 4.98 Å². The van der Waals surface area contributed by atoms with Crippen LogP contribution in [0.4, 0.5) is 5.69 Å². The molecule has 0 aliphatic rings. The van der Waals surface area contributed by atoms with E-state index in [4.69, 9.17) is 4.98 Å². The summed E-state index contributed by atoms with van der Waals surface area (Å²) in [7, 11) is 1.97. The van der Waals surface area contributed by atoms with Crippen molar-refractivity contribution < 1.29 is 0 Å². The molecule has 2 rings (SSSR count). The van der Waals surface area contributed by atoms with Gasteiger partial charge in [-0.1, -0.05) is 39.0 Å². The minimum absolute atomic E-state index is 0.455. The molecule has 2 aromatic rings. The van der Waals surface area contributed by atoms with E-state index < -0.39 is 0 Å². The van der Waals surface area contributed by atoms with Gasteiger partial charge in [0.1, 0.15) is 0 Å². The van der Waals surface area contributed by atoms with Gasteiger partial charge >= 0.3 is 0 Å². The zero-order chi connectivity index (χ0) is 12.4. The number of nitrogens with one attached hydrogen (secondary N) is 1. The lowest BCUT2D eigenvalue weighted by atomic mass is 10.0. The average Bonchev–Trinajstić information content (AvgIpc) is 2.36. The molecule has 0 radical (unpaired) electrons. The Hall–Kier alpha value is -1.57. The van der Waals surface area contributed by atoms with Crippen LogP contribution >= 0.6 is 0 Å². The zero-order valence-corrected chi connectivity index (χ0v) is 11.0. The first-order chi connectivity index (χ1) is 8.17. The van der Waals surface area contributed by atoms with Gasteiger partial charge in [0.25, 0.3) is 0 Å². The zero-order valence-electron chi connectivity index (χ0n) is 11.0. The van der Waals surface area contributed by atoms with Crippen molar-refractivity contribution in [2.45, 2.75) is 33.1 Å². The van der Waals surface area contributed by atoms with E-state index in [1.165, 1.54) is 16.6 Å². The van der Waals surface area contributed by atoms with E-state index >= 15 is 0 Å². The van der Waals surface area contributed by atoms with E-state index in [9.17, 15) is 0 Å². The highest BCUT2D eigenvalue weighted by atomic mass is 14.8. The van der Waals surface area contributed by atoms with E-state index in [2.05, 4.69) is 50.4 Å². The molecular weight excluding hydrogens is 208 g/mol. The summed E-state index contributed by atoms with van der Waals surface area (Å²) in [6.45, 7) is 6.54. The Morgan fingerprint density at radius 2 is 2.06 bits per heavy atom. The van der Waals surface area contributed by atoms with E-state index in [1.54, 1.807) is 0 Å². The molecule has 1 N–H and O–H groups in total. The van der Waals surface area contributed by atoms with E-state index in [1.807, 2.05) is 7.05 Å². The monoisotopic (exact) mass is 228 g/mol. The molecule has 0 atom stereocenters. The second-order valence-electron chi connectivity index (χ2n) is 4.67. The molecule has 0 spiro atoms. The van der Waals surface area contributed by atoms with Gasteiger partial charge in [0, 0.05) is 23.8 Å². The van der Waals surface area contributed by atoms with Crippen LogP contribution in [0.25, 0.3) is 10.9 Å². The van der Waals surface area contributed by atoms with Crippen molar-refractivity contribution >= 4 is 16.6 Å². The van der Waals surface area contributed by atoms with E-state index in [0.717, 1.165) is 17.6 Å². The molecule has 2 heteroatoms. The molecule has 0 aliphatic carbocycles. The number of fused-ring (bicyclic) bond motifs is 1. The van der Waals surface area contributed by atoms with E-state index in [0.29, 0.717) is 5.92 Å². The molecule has 0 unspecified atom stereocenters. The maximum Gasteiger partial charge on any atom is 0.0758 e. The summed E-state index contributed by atoms with van der Waals surface area (Å²) in [5.41, 5.74) is 4.80. The lowest BCUT2D eigenvalue weighted by Gasteiger charge is -2.13. The molecule has 0 saturated heterocycles. The SMILES string of the molecule is CCc1cccc2c(NC)cc(C(C)C)nc12. The van der Waals surface area contributed by atoms with Crippen LogP contribution in [-0.2, 0) is 6.42 Å². The quantitative estimate of drug-likeness (QED) is 0.860. The predicted octanol–water partition coefficient (Wildman–Crippen LogP) is 3.96. The van der Waals surface area contributed by atoms with Crippen molar-refractivity contribution in [2.24, 2.45) is 0 Å². The number of nitrogens with zero attached hydrogens (tertiary/aromatic N) is 1. The normalized spacial score (nSPS) is 11.1. The number of benzene rings is 1. The van der Waals surface area contributed by atoms with Crippen LogP contribution in [0.2, 0.25) is 0 Å². The largest absolute Gasteiger partial charge is 0.388 e. The summed E-state index contributed by atoms with van der Waals surface area (Å²) in [4.78, 5) is 4.81. The lowest BCUT2D eigenvalue weighted by molar-refractivity contribution is 0.829. The molecule has 0 amide bonds. The van der Waals surface area contributed by atoms with Gasteiger partial charge < -0.3 is 5.32 Å². The standard InChI is InChI=1S/C15H20N2/c1-5-11-7-6-8-12-14(16-4)9-13(10(2)3)17-15(11)12/h6-10H,5H2,1-4H3,(H,16,17). The van der Waals surface area contributed by atoms with Gasteiger partial charge in [-0.15, -0.1) is 0 Å². The van der Waals surface area contributed by atoms with Gasteiger partial charge in [-0.05, 0) is 24.0 Å². The summed E-state index contributed by atoms with van der Waals surface area (Å²) < 4.78 is 0. The molecule has 1 heterocycles. The van der Waals surface area contributed by atoms with Crippen molar-refractivity contribution in [2.75, 3.05) is 12.4 Å². The summed E-state index contributed by atoms with van der Waals surface area (Å²) in [5, 5.41) is 4.50. The molecule has 1 aromatic carbocycles. The number of aryl methyl sites for hydroxylation is 1. The number of hydrogen-bond acceptors (Lipinski definition) is 2. The molecule has 17 heavy (non-hydrogen) atoms. The third kappa shape index (κ3) is 2.12. The van der Waals surface area contributed by atoms with Gasteiger partial charge in [0.05, 0.1) is 5.52 Å². The van der Waals surface area contributed by atoms with Gasteiger partial charge in [0.2, 0.25) is 0 Å². The Kier molecular flexibility index (Phi) is 3.32. The van der Waals surface area contributed by atoms with Crippen LogP contribution in [-0.4, -0.2) is 12.0 Å². The third-order valence-electron chi connectivity index (χ3n) is 3.18. The summed E-state index contributed by atoms with van der Waals surface area (Å²) in [6.07, 6.45) is 1.02. The Bertz CT molecular complexity index is 530. The van der Waals surface area contributed by atoms with Gasteiger partial charge in [-0.2, -0.15) is 0 Å². The molecule has 1 aromatic heterocycles. The number of pyridine rings is 1. The Morgan fingerprint density at radius 3 is 2.65 bits per heavy atom. The fourth-order valence-electron chi connectivity index (χ4n) is 2.12. The fourth-order valence-corrected chi connectivity index (χ4v) is 2.12. The highest BCUT2D eigenvalue weighted by Crippen LogP contribution is 2.28. The molecule has 2 nitrogen and oxygen atoms in total. The first-order valence-corrected chi connectivity index (χ1v) is 6.27. The predicted molar refractivity (Wildman–Crippen MR) is 74.8 cm³/mol. The van der Waals surface area contributed by atoms with Crippen molar-refractivity contribution in [3.05, 3.63) is 35.5 Å². The fraction of sp³-hybridized carbons (Fsp3) is 0.400. The molecule has 0 bridgehead atoms. The molecule has 0 fully saturated rings. The maximum absolute atomic E-state index is 4.81. The van der Waals surface area contributed by atoms with Crippen LogP contribution in [0, 0.1) is 0 Å². The molecule has 0 aliphatic heterocycles. The first-order valence-electron chi connectivity index (χ1n) is 6.27. The Morgan fingerprint density at radius 1 is 1.29 bits per heavy atom. The highest BCUT2D eigenvalue weighted by Gasteiger charge is 2.09. The molecule has 90 valence electrons. The number of anilines is 1. The number of aromatic nitrogens is 1. The minimum Gasteiger partial charge on any atom is -0.388 e. The summed E-state index contributed by atoms with van der Waals surface area (Å²) >= 11 is 0. The third-order valence-corrected chi connectivity index (χ3v) is 3.18. The first kappa shape index (κ1) is 11.9. The Balaban J connectivity index is 2.78. The van der Waals surface area contributed by atoms with Crippen LogP contribution in [0.5, 0.6) is 0 Å². The number of para-hydroxylation sites is 1. The van der Waals surface area contributed by atoms with Crippen molar-refractivity contribution in [1.29, 1.82) is 0 Å². The lowest BCUT2D eigenvalue weighted by Crippen LogP contribution is -2.00. The van der Waals surface area contributed by atoms with Gasteiger partial charge in [-0.3, -0.25) is 4.98 Å². The van der Waals surface area contributed by atoms with Gasteiger partial charge in [0.15, 0.2) is 0 Å². The van der Waals surface area contributed by atoms with Crippen molar-refractivity contribution in [3.8, 4) is 0 Å². The average molecular weight is 228 g/mol. The van der Waals surface area contributed by atoms with Crippen LogP contribution in [0.3, 0.4) is 0 Å².